The van der Waals surface area contributed by atoms with Crippen LogP contribution in [0.5, 0.6) is 0 Å². The van der Waals surface area contributed by atoms with Crippen LogP contribution in [0.4, 0.5) is 5.88 Å². The molecule has 0 aliphatic rings. The minimum atomic E-state index is 0.657. The van der Waals surface area contributed by atoms with Gasteiger partial charge in [0.25, 0.3) is 0 Å². The summed E-state index contributed by atoms with van der Waals surface area (Å²) in [4.78, 5) is 6.78. The zero-order valence-electron chi connectivity index (χ0n) is 12.3. The third-order valence-electron chi connectivity index (χ3n) is 3.50. The Morgan fingerprint density at radius 1 is 0.905 bits per heavy atom. The fourth-order valence-corrected chi connectivity index (χ4v) is 2.20. The Balaban J connectivity index is 2.12. The summed E-state index contributed by atoms with van der Waals surface area (Å²) in [6.07, 6.45) is 0. The maximum Gasteiger partial charge on any atom is 0.229 e. The lowest BCUT2D eigenvalue weighted by Crippen LogP contribution is -2.15. The van der Waals surface area contributed by atoms with Gasteiger partial charge in [-0.05, 0) is 19.1 Å². The highest BCUT2D eigenvalue weighted by atomic mass is 16.4. The SMILES string of the molecule is CCN(C)c1oc(-c2ccccc2)nc1-c1ccccc1. The number of nitrogens with zero attached hydrogens (tertiary/aromatic N) is 2. The second-order valence-corrected chi connectivity index (χ2v) is 4.92. The van der Waals surface area contributed by atoms with Crippen LogP contribution in [0.2, 0.25) is 0 Å². The molecule has 0 radical (unpaired) electrons. The van der Waals surface area contributed by atoms with Gasteiger partial charge < -0.3 is 9.32 Å². The number of anilines is 1. The second-order valence-electron chi connectivity index (χ2n) is 4.92. The van der Waals surface area contributed by atoms with Gasteiger partial charge in [-0.25, -0.2) is 4.98 Å². The van der Waals surface area contributed by atoms with E-state index >= 15 is 0 Å². The smallest absolute Gasteiger partial charge is 0.229 e. The summed E-state index contributed by atoms with van der Waals surface area (Å²) >= 11 is 0. The van der Waals surface area contributed by atoms with E-state index in [9.17, 15) is 0 Å². The van der Waals surface area contributed by atoms with Crippen molar-refractivity contribution in [3.05, 3.63) is 60.7 Å². The molecule has 3 rings (SSSR count). The number of aromatic nitrogens is 1. The van der Waals surface area contributed by atoms with E-state index in [4.69, 9.17) is 9.40 Å². The summed E-state index contributed by atoms with van der Waals surface area (Å²) < 4.78 is 6.02. The molecule has 0 fully saturated rings. The third kappa shape index (κ3) is 2.68. The summed E-state index contributed by atoms with van der Waals surface area (Å²) in [5, 5.41) is 0. The normalized spacial score (nSPS) is 10.6. The van der Waals surface area contributed by atoms with Gasteiger partial charge in [-0.1, -0.05) is 48.5 Å². The molecule has 1 heterocycles. The van der Waals surface area contributed by atoms with Gasteiger partial charge in [0.1, 0.15) is 5.69 Å². The van der Waals surface area contributed by atoms with Gasteiger partial charge >= 0.3 is 0 Å². The molecule has 0 aliphatic carbocycles. The largest absolute Gasteiger partial charge is 0.420 e. The summed E-state index contributed by atoms with van der Waals surface area (Å²) in [5.41, 5.74) is 2.95. The average Bonchev–Trinajstić information content (AvgIpc) is 3.01. The topological polar surface area (TPSA) is 29.3 Å². The molecule has 3 nitrogen and oxygen atoms in total. The van der Waals surface area contributed by atoms with Crippen molar-refractivity contribution < 1.29 is 4.42 Å². The lowest BCUT2D eigenvalue weighted by molar-refractivity contribution is 0.565. The molecule has 106 valence electrons. The molecule has 0 atom stereocenters. The molecule has 0 spiro atoms. The van der Waals surface area contributed by atoms with Crippen LogP contribution in [0.25, 0.3) is 22.7 Å². The Hall–Kier alpha value is -2.55. The predicted octanol–water partition coefficient (Wildman–Crippen LogP) is 4.46. The minimum Gasteiger partial charge on any atom is -0.420 e. The van der Waals surface area contributed by atoms with Crippen LogP contribution in [-0.4, -0.2) is 18.6 Å². The number of hydrogen-bond acceptors (Lipinski definition) is 3. The molecular formula is C18H18N2O. The van der Waals surface area contributed by atoms with Crippen molar-refractivity contribution in [1.82, 2.24) is 4.98 Å². The first-order valence-electron chi connectivity index (χ1n) is 7.12. The molecule has 21 heavy (non-hydrogen) atoms. The zero-order valence-corrected chi connectivity index (χ0v) is 12.3. The first kappa shape index (κ1) is 13.4. The van der Waals surface area contributed by atoms with Crippen molar-refractivity contribution in [2.24, 2.45) is 0 Å². The van der Waals surface area contributed by atoms with Gasteiger partial charge in [0.15, 0.2) is 0 Å². The van der Waals surface area contributed by atoms with Crippen molar-refractivity contribution in [2.45, 2.75) is 6.92 Å². The van der Waals surface area contributed by atoms with Gasteiger partial charge in [0.2, 0.25) is 11.8 Å². The Bertz CT molecular complexity index is 705. The van der Waals surface area contributed by atoms with Gasteiger partial charge in [0, 0.05) is 24.7 Å². The van der Waals surface area contributed by atoms with Gasteiger partial charge in [0.05, 0.1) is 0 Å². The Morgan fingerprint density at radius 2 is 1.48 bits per heavy atom. The Labute approximate surface area is 124 Å². The van der Waals surface area contributed by atoms with Crippen molar-refractivity contribution in [1.29, 1.82) is 0 Å². The third-order valence-corrected chi connectivity index (χ3v) is 3.50. The molecule has 3 heteroatoms. The predicted molar refractivity (Wildman–Crippen MR) is 86.3 cm³/mol. The maximum absolute atomic E-state index is 6.02. The van der Waals surface area contributed by atoms with Crippen LogP contribution in [0, 0.1) is 0 Å². The van der Waals surface area contributed by atoms with Crippen molar-refractivity contribution in [3.63, 3.8) is 0 Å². The lowest BCUT2D eigenvalue weighted by Gasteiger charge is -2.13. The highest BCUT2D eigenvalue weighted by molar-refractivity contribution is 5.74. The molecule has 0 bridgehead atoms. The van der Waals surface area contributed by atoms with Crippen LogP contribution in [0.1, 0.15) is 6.92 Å². The van der Waals surface area contributed by atoms with Crippen LogP contribution in [-0.2, 0) is 0 Å². The zero-order chi connectivity index (χ0) is 14.7. The Kier molecular flexibility index (Phi) is 3.73. The number of rotatable bonds is 4. The molecule has 3 aromatic rings. The van der Waals surface area contributed by atoms with Crippen LogP contribution in [0.15, 0.2) is 65.1 Å². The van der Waals surface area contributed by atoms with Gasteiger partial charge in [-0.3, -0.25) is 0 Å². The summed E-state index contributed by atoms with van der Waals surface area (Å²) in [5.74, 6) is 1.47. The van der Waals surface area contributed by atoms with Crippen LogP contribution < -0.4 is 4.90 Å². The standard InChI is InChI=1S/C18H18N2O/c1-3-20(2)18-16(14-10-6-4-7-11-14)19-17(21-18)15-12-8-5-9-13-15/h4-13H,3H2,1-2H3. The molecular weight excluding hydrogens is 260 g/mol. The first-order chi connectivity index (χ1) is 10.3. The van der Waals surface area contributed by atoms with Crippen molar-refractivity contribution in [2.75, 3.05) is 18.5 Å². The summed E-state index contributed by atoms with van der Waals surface area (Å²) in [6.45, 7) is 2.96. The molecule has 0 aliphatic heterocycles. The first-order valence-corrected chi connectivity index (χ1v) is 7.12. The number of oxazole rings is 1. The van der Waals surface area contributed by atoms with Gasteiger partial charge in [-0.2, -0.15) is 0 Å². The van der Waals surface area contributed by atoms with E-state index in [1.807, 2.05) is 55.6 Å². The molecule has 0 unspecified atom stereocenters. The fraction of sp³-hybridized carbons (Fsp3) is 0.167. The number of benzene rings is 2. The maximum atomic E-state index is 6.02. The summed E-state index contributed by atoms with van der Waals surface area (Å²) in [7, 11) is 2.02. The second kappa shape index (κ2) is 5.83. The van der Waals surface area contributed by atoms with E-state index in [-0.39, 0.29) is 0 Å². The van der Waals surface area contributed by atoms with Gasteiger partial charge in [-0.15, -0.1) is 0 Å². The van der Waals surface area contributed by atoms with E-state index in [0.717, 1.165) is 29.2 Å². The molecule has 0 N–H and O–H groups in total. The quantitative estimate of drug-likeness (QED) is 0.705. The highest BCUT2D eigenvalue weighted by Gasteiger charge is 2.18. The number of hydrogen-bond donors (Lipinski definition) is 0. The molecule has 0 amide bonds. The fourth-order valence-electron chi connectivity index (χ4n) is 2.20. The average molecular weight is 278 g/mol. The van der Waals surface area contributed by atoms with E-state index in [1.54, 1.807) is 0 Å². The van der Waals surface area contributed by atoms with E-state index in [1.165, 1.54) is 0 Å². The molecule has 0 saturated carbocycles. The van der Waals surface area contributed by atoms with E-state index in [2.05, 4.69) is 24.0 Å². The van der Waals surface area contributed by atoms with E-state index < -0.39 is 0 Å². The lowest BCUT2D eigenvalue weighted by atomic mass is 10.1. The molecule has 1 aromatic heterocycles. The van der Waals surface area contributed by atoms with E-state index in [0.29, 0.717) is 5.89 Å². The molecule has 0 saturated heterocycles. The van der Waals surface area contributed by atoms with Crippen LogP contribution in [0.3, 0.4) is 0 Å². The monoisotopic (exact) mass is 278 g/mol. The highest BCUT2D eigenvalue weighted by Crippen LogP contribution is 2.34. The summed E-state index contributed by atoms with van der Waals surface area (Å²) in [6, 6.07) is 20.1. The van der Waals surface area contributed by atoms with Crippen molar-refractivity contribution >= 4 is 5.88 Å². The minimum absolute atomic E-state index is 0.657. The molecule has 2 aromatic carbocycles. The Morgan fingerprint density at radius 3 is 2.05 bits per heavy atom. The van der Waals surface area contributed by atoms with Crippen molar-refractivity contribution in [3.8, 4) is 22.7 Å². The van der Waals surface area contributed by atoms with Crippen LogP contribution >= 0.6 is 0 Å².